The van der Waals surface area contributed by atoms with E-state index in [1.54, 1.807) is 6.07 Å². The first-order valence-corrected chi connectivity index (χ1v) is 9.97. The SMILES string of the molecule is O=CN(c1cccc(F)c1)c1cc([N+](=O)[O-])cc2c(=O)[nH]c(Nc3ccc(Cl)c(Cl)c3)nc12. The number of nitrogens with one attached hydrogen (secondary N) is 2. The summed E-state index contributed by atoms with van der Waals surface area (Å²) >= 11 is 11.9. The number of aromatic nitrogens is 2. The second-order valence-corrected chi connectivity index (χ2v) is 7.56. The number of hydrogen-bond donors (Lipinski definition) is 2. The highest BCUT2D eigenvalue weighted by molar-refractivity contribution is 6.42. The molecule has 4 aromatic rings. The lowest BCUT2D eigenvalue weighted by atomic mass is 10.1. The fourth-order valence-corrected chi connectivity index (χ4v) is 3.45. The minimum atomic E-state index is -0.710. The smallest absolute Gasteiger partial charge is 0.272 e. The quantitative estimate of drug-likeness (QED) is 0.215. The minimum absolute atomic E-state index is 0.0221. The van der Waals surface area contributed by atoms with Crippen LogP contribution in [-0.4, -0.2) is 21.3 Å². The van der Waals surface area contributed by atoms with Gasteiger partial charge in [-0.15, -0.1) is 0 Å². The maximum absolute atomic E-state index is 13.8. The monoisotopic (exact) mass is 487 g/mol. The molecule has 0 fully saturated rings. The van der Waals surface area contributed by atoms with E-state index in [2.05, 4.69) is 15.3 Å². The largest absolute Gasteiger partial charge is 0.326 e. The summed E-state index contributed by atoms with van der Waals surface area (Å²) in [5.41, 5.74) is -0.706. The zero-order chi connectivity index (χ0) is 23.7. The number of anilines is 4. The van der Waals surface area contributed by atoms with Gasteiger partial charge in [-0.25, -0.2) is 9.37 Å². The maximum atomic E-state index is 13.8. The first-order valence-electron chi connectivity index (χ1n) is 9.21. The number of non-ortho nitro benzene ring substituents is 1. The van der Waals surface area contributed by atoms with Crippen LogP contribution in [0.2, 0.25) is 10.0 Å². The minimum Gasteiger partial charge on any atom is -0.326 e. The number of nitrogens with zero attached hydrogens (tertiary/aromatic N) is 3. The zero-order valence-electron chi connectivity index (χ0n) is 16.4. The number of fused-ring (bicyclic) bond motifs is 1. The lowest BCUT2D eigenvalue weighted by molar-refractivity contribution is -0.384. The van der Waals surface area contributed by atoms with Crippen molar-refractivity contribution in [3.63, 3.8) is 0 Å². The van der Waals surface area contributed by atoms with Crippen LogP contribution in [0.5, 0.6) is 0 Å². The van der Waals surface area contributed by atoms with Crippen molar-refractivity contribution in [1.82, 2.24) is 9.97 Å². The fraction of sp³-hybridized carbons (Fsp3) is 0. The van der Waals surface area contributed by atoms with Gasteiger partial charge in [0.2, 0.25) is 12.4 Å². The number of aromatic amines is 1. The fourth-order valence-electron chi connectivity index (χ4n) is 3.15. The number of carbonyl (C=O) groups excluding carboxylic acids is 1. The summed E-state index contributed by atoms with van der Waals surface area (Å²) in [6.45, 7) is 0. The van der Waals surface area contributed by atoms with E-state index in [0.29, 0.717) is 17.1 Å². The van der Waals surface area contributed by atoms with Crippen LogP contribution >= 0.6 is 23.2 Å². The summed E-state index contributed by atoms with van der Waals surface area (Å²) in [5.74, 6) is -0.645. The highest BCUT2D eigenvalue weighted by atomic mass is 35.5. The number of hydrogen-bond acceptors (Lipinski definition) is 6. The van der Waals surface area contributed by atoms with E-state index in [1.807, 2.05) is 0 Å². The standard InChI is InChI=1S/C21H12Cl2FN5O4/c22-16-5-4-12(7-17(16)23)25-21-26-19-15(20(31)27-21)8-14(29(32)33)9-18(19)28(10-30)13-3-1-2-11(24)6-13/h1-10H,(H2,25,26,27,31). The van der Waals surface area contributed by atoms with Gasteiger partial charge in [-0.3, -0.25) is 29.6 Å². The number of carbonyl (C=O) groups is 1. The summed E-state index contributed by atoms with van der Waals surface area (Å²) < 4.78 is 13.8. The topological polar surface area (TPSA) is 121 Å². The Morgan fingerprint density at radius 3 is 2.58 bits per heavy atom. The highest BCUT2D eigenvalue weighted by Gasteiger charge is 2.21. The summed E-state index contributed by atoms with van der Waals surface area (Å²) in [6, 6.07) is 11.8. The van der Waals surface area contributed by atoms with E-state index >= 15 is 0 Å². The van der Waals surface area contributed by atoms with Gasteiger partial charge in [-0.1, -0.05) is 29.3 Å². The number of nitro groups is 1. The van der Waals surface area contributed by atoms with E-state index in [1.165, 1.54) is 30.3 Å². The van der Waals surface area contributed by atoms with Gasteiger partial charge < -0.3 is 5.32 Å². The molecule has 4 rings (SSSR count). The molecule has 0 aliphatic heterocycles. The van der Waals surface area contributed by atoms with E-state index in [0.717, 1.165) is 23.1 Å². The molecule has 0 aliphatic carbocycles. The third kappa shape index (κ3) is 4.47. The van der Waals surface area contributed by atoms with Crippen LogP contribution in [0.25, 0.3) is 10.9 Å². The molecule has 166 valence electrons. The maximum Gasteiger partial charge on any atom is 0.272 e. The van der Waals surface area contributed by atoms with Crippen LogP contribution in [0, 0.1) is 15.9 Å². The molecule has 0 spiro atoms. The Morgan fingerprint density at radius 1 is 1.12 bits per heavy atom. The molecule has 3 aromatic carbocycles. The first-order chi connectivity index (χ1) is 15.8. The van der Waals surface area contributed by atoms with Crippen LogP contribution in [0.3, 0.4) is 0 Å². The number of amides is 1. The predicted octanol–water partition coefficient (Wildman–Crippen LogP) is 5.32. The van der Waals surface area contributed by atoms with Gasteiger partial charge in [-0.05, 0) is 36.4 Å². The third-order valence-corrected chi connectivity index (χ3v) is 5.36. The predicted molar refractivity (Wildman–Crippen MR) is 123 cm³/mol. The highest BCUT2D eigenvalue weighted by Crippen LogP contribution is 2.34. The lowest BCUT2D eigenvalue weighted by Gasteiger charge is -2.19. The molecule has 0 radical (unpaired) electrons. The molecule has 1 heterocycles. The molecule has 0 unspecified atom stereocenters. The van der Waals surface area contributed by atoms with Gasteiger partial charge in [0.15, 0.2) is 0 Å². The normalized spacial score (nSPS) is 10.8. The Bertz CT molecular complexity index is 1480. The van der Waals surface area contributed by atoms with Crippen molar-refractivity contribution in [2.75, 3.05) is 10.2 Å². The summed E-state index contributed by atoms with van der Waals surface area (Å²) in [7, 11) is 0. The molecule has 0 saturated heterocycles. The second-order valence-electron chi connectivity index (χ2n) is 6.74. The average molecular weight is 488 g/mol. The van der Waals surface area contributed by atoms with Crippen molar-refractivity contribution >= 4 is 69.2 Å². The van der Waals surface area contributed by atoms with Crippen molar-refractivity contribution in [2.24, 2.45) is 0 Å². The number of rotatable bonds is 6. The second kappa shape index (κ2) is 8.85. The van der Waals surface area contributed by atoms with Gasteiger partial charge in [0, 0.05) is 17.8 Å². The van der Waals surface area contributed by atoms with Gasteiger partial charge in [0.25, 0.3) is 11.2 Å². The Morgan fingerprint density at radius 2 is 1.91 bits per heavy atom. The van der Waals surface area contributed by atoms with Crippen molar-refractivity contribution in [3.05, 3.63) is 90.9 Å². The van der Waals surface area contributed by atoms with Crippen LogP contribution < -0.4 is 15.8 Å². The molecule has 9 nitrogen and oxygen atoms in total. The molecule has 0 bridgehead atoms. The van der Waals surface area contributed by atoms with Crippen molar-refractivity contribution in [1.29, 1.82) is 0 Å². The summed E-state index contributed by atoms with van der Waals surface area (Å²) in [4.78, 5) is 43.3. The molecule has 33 heavy (non-hydrogen) atoms. The van der Waals surface area contributed by atoms with Gasteiger partial charge in [0.05, 0.1) is 31.7 Å². The van der Waals surface area contributed by atoms with Crippen LogP contribution in [0.15, 0.2) is 59.4 Å². The van der Waals surface area contributed by atoms with E-state index in [4.69, 9.17) is 23.2 Å². The number of halogens is 3. The van der Waals surface area contributed by atoms with Gasteiger partial charge >= 0.3 is 0 Å². The van der Waals surface area contributed by atoms with E-state index in [9.17, 15) is 24.1 Å². The van der Waals surface area contributed by atoms with Crippen molar-refractivity contribution in [2.45, 2.75) is 0 Å². The summed E-state index contributed by atoms with van der Waals surface area (Å²) in [6.07, 6.45) is 0.349. The molecular formula is C21H12Cl2FN5O4. The molecule has 0 aliphatic rings. The number of H-pyrrole nitrogens is 1. The molecule has 2 N–H and O–H groups in total. The molecule has 0 saturated carbocycles. The van der Waals surface area contributed by atoms with Crippen LogP contribution in [0.1, 0.15) is 0 Å². The zero-order valence-corrected chi connectivity index (χ0v) is 17.9. The van der Waals surface area contributed by atoms with Gasteiger partial charge in [0.1, 0.15) is 11.3 Å². The van der Waals surface area contributed by atoms with Gasteiger partial charge in [-0.2, -0.15) is 0 Å². The molecule has 1 amide bonds. The Balaban J connectivity index is 1.93. The number of nitro benzene ring substituents is 1. The molecule has 0 atom stereocenters. The first kappa shape index (κ1) is 22.2. The Hall–Kier alpha value is -4.02. The van der Waals surface area contributed by atoms with Crippen molar-refractivity contribution < 1.29 is 14.1 Å². The summed E-state index contributed by atoms with van der Waals surface area (Å²) in [5, 5.41) is 14.8. The average Bonchev–Trinajstić information content (AvgIpc) is 2.77. The van der Waals surface area contributed by atoms with E-state index in [-0.39, 0.29) is 33.2 Å². The third-order valence-electron chi connectivity index (χ3n) is 4.62. The lowest BCUT2D eigenvalue weighted by Crippen LogP contribution is -2.18. The Kier molecular flexibility index (Phi) is 5.95. The molecule has 12 heteroatoms. The number of benzene rings is 3. The van der Waals surface area contributed by atoms with Crippen LogP contribution in [-0.2, 0) is 4.79 Å². The van der Waals surface area contributed by atoms with E-state index < -0.39 is 22.0 Å². The van der Waals surface area contributed by atoms with Crippen LogP contribution in [0.4, 0.5) is 33.1 Å². The molecule has 1 aromatic heterocycles. The van der Waals surface area contributed by atoms with Crippen molar-refractivity contribution in [3.8, 4) is 0 Å². The Labute approximate surface area is 194 Å². The molecular weight excluding hydrogens is 476 g/mol.